The smallest absolute Gasteiger partial charge is 0.282 e. The summed E-state index contributed by atoms with van der Waals surface area (Å²) < 4.78 is 98.5. The van der Waals surface area contributed by atoms with Crippen LogP contribution in [0.3, 0.4) is 0 Å². The van der Waals surface area contributed by atoms with E-state index in [-0.39, 0.29) is 20.6 Å². The second-order valence-electron chi connectivity index (χ2n) is 8.71. The van der Waals surface area contributed by atoms with Gasteiger partial charge in [0.2, 0.25) is 0 Å². The van der Waals surface area contributed by atoms with E-state index < -0.39 is 30.4 Å². The van der Waals surface area contributed by atoms with E-state index in [0.29, 0.717) is 54.4 Å². The molecule has 0 unspecified atom stereocenters. The van der Waals surface area contributed by atoms with Crippen molar-refractivity contribution in [3.8, 4) is 0 Å². The second kappa shape index (κ2) is 11.4. The van der Waals surface area contributed by atoms with Gasteiger partial charge in [-0.3, -0.25) is 13.7 Å². The van der Waals surface area contributed by atoms with Crippen LogP contribution in [-0.4, -0.2) is 38.9 Å². The molecule has 3 aromatic carbocycles. The molecule has 200 valence electrons. The zero-order chi connectivity index (χ0) is 27.4. The Morgan fingerprint density at radius 1 is 0.649 bits per heavy atom. The first kappa shape index (κ1) is 29.0. The predicted molar refractivity (Wildman–Crippen MR) is 138 cm³/mol. The van der Waals surface area contributed by atoms with Crippen LogP contribution in [0.5, 0.6) is 0 Å². The zero-order valence-electron chi connectivity index (χ0n) is 20.0. The molecule has 37 heavy (non-hydrogen) atoms. The van der Waals surface area contributed by atoms with E-state index in [1.165, 1.54) is 42.5 Å². The molecular weight excluding hydrogens is 540 g/mol. The molecule has 0 saturated heterocycles. The zero-order valence-corrected chi connectivity index (χ0v) is 22.4. The maximum Gasteiger partial charge on any atom is 0.294 e. The van der Waals surface area contributed by atoms with Crippen LogP contribution < -0.4 is 0 Å². The van der Waals surface area contributed by atoms with Gasteiger partial charge in [-0.15, -0.1) is 0 Å². The molecular formula is C25H28O9S3. The second-order valence-corrected chi connectivity index (χ2v) is 12.9. The topological polar surface area (TPSA) is 163 Å². The summed E-state index contributed by atoms with van der Waals surface area (Å²) >= 11 is 0. The summed E-state index contributed by atoms with van der Waals surface area (Å²) in [5, 5.41) is 0. The molecule has 0 aliphatic carbocycles. The molecule has 0 spiro atoms. The Kier molecular flexibility index (Phi) is 8.93. The highest BCUT2D eigenvalue weighted by Gasteiger charge is 2.20. The first-order chi connectivity index (χ1) is 17.2. The molecule has 3 aromatic rings. The fraction of sp³-hybridized carbons (Fsp3) is 0.280. The molecule has 12 heteroatoms. The van der Waals surface area contributed by atoms with Gasteiger partial charge in [0.25, 0.3) is 30.4 Å². The molecule has 0 aliphatic rings. The lowest BCUT2D eigenvalue weighted by Crippen LogP contribution is -2.08. The Labute approximate surface area is 217 Å². The molecule has 0 heterocycles. The molecule has 0 aliphatic heterocycles. The van der Waals surface area contributed by atoms with E-state index in [1.807, 2.05) is 0 Å². The van der Waals surface area contributed by atoms with E-state index in [1.54, 1.807) is 31.2 Å². The Morgan fingerprint density at radius 2 is 1.14 bits per heavy atom. The minimum absolute atomic E-state index is 0.181. The van der Waals surface area contributed by atoms with Crippen molar-refractivity contribution in [3.63, 3.8) is 0 Å². The largest absolute Gasteiger partial charge is 0.294 e. The van der Waals surface area contributed by atoms with Crippen molar-refractivity contribution in [1.29, 1.82) is 0 Å². The summed E-state index contributed by atoms with van der Waals surface area (Å²) in [6.07, 6.45) is 2.11. The van der Waals surface area contributed by atoms with E-state index in [0.717, 1.165) is 0 Å². The van der Waals surface area contributed by atoms with Crippen LogP contribution in [0.2, 0.25) is 0 Å². The fourth-order valence-corrected chi connectivity index (χ4v) is 6.17. The van der Waals surface area contributed by atoms with Crippen molar-refractivity contribution in [1.82, 2.24) is 0 Å². The van der Waals surface area contributed by atoms with Crippen molar-refractivity contribution in [3.05, 3.63) is 89.0 Å². The molecule has 3 rings (SSSR count). The van der Waals surface area contributed by atoms with Gasteiger partial charge in [0, 0.05) is 0 Å². The molecule has 0 bridgehead atoms. The first-order valence-electron chi connectivity index (χ1n) is 11.4. The Hall–Kier alpha value is -2.61. The summed E-state index contributed by atoms with van der Waals surface area (Å²) in [4.78, 5) is -0.645. The summed E-state index contributed by atoms with van der Waals surface area (Å²) in [5.74, 6) is -0.254. The lowest BCUT2D eigenvalue weighted by Gasteiger charge is -2.20. The Morgan fingerprint density at radius 3 is 1.54 bits per heavy atom. The first-order valence-corrected chi connectivity index (χ1v) is 15.7. The minimum atomic E-state index is -4.47. The third-order valence-electron chi connectivity index (χ3n) is 6.18. The van der Waals surface area contributed by atoms with Gasteiger partial charge >= 0.3 is 0 Å². The van der Waals surface area contributed by atoms with Gasteiger partial charge in [-0.05, 0) is 90.6 Å². The fourth-order valence-electron chi connectivity index (χ4n) is 4.24. The van der Waals surface area contributed by atoms with Crippen molar-refractivity contribution >= 4 is 30.4 Å². The van der Waals surface area contributed by atoms with Crippen LogP contribution in [0.25, 0.3) is 0 Å². The molecule has 0 amide bonds. The Balaban J connectivity index is 1.94. The molecule has 9 nitrogen and oxygen atoms in total. The van der Waals surface area contributed by atoms with Crippen LogP contribution in [0.15, 0.2) is 81.4 Å². The number of hydrogen-bond acceptors (Lipinski definition) is 6. The number of rotatable bonds is 11. The standard InChI is InChI=1S/C25H28O9S3/c1-2-20-13-14-22(17-25(20)37(32,33)34)21(11-9-18-5-3-7-23(15-18)35(26,27)28)12-10-19-6-4-8-24(16-19)36(29,30)31/h3-8,13-17,21H,2,9-12H2,1H3,(H,26,27,28)(H,29,30,31)(H,32,33,34). The van der Waals surface area contributed by atoms with Crippen LogP contribution in [-0.2, 0) is 49.6 Å². The molecule has 0 fully saturated rings. The van der Waals surface area contributed by atoms with Gasteiger partial charge < -0.3 is 0 Å². The molecule has 0 aromatic heterocycles. The SMILES string of the molecule is CCc1ccc(C(CCc2cccc(S(=O)(=O)O)c2)CCc2cccc(S(=O)(=O)O)c2)cc1S(=O)(=O)O. The average Bonchev–Trinajstić information content (AvgIpc) is 2.82. The third-order valence-corrected chi connectivity index (χ3v) is 8.81. The number of hydrogen-bond donors (Lipinski definition) is 3. The van der Waals surface area contributed by atoms with Crippen molar-refractivity contribution < 1.29 is 38.9 Å². The van der Waals surface area contributed by atoms with Crippen molar-refractivity contribution in [2.45, 2.75) is 59.6 Å². The lowest BCUT2D eigenvalue weighted by molar-refractivity contribution is 0.480. The highest BCUT2D eigenvalue weighted by atomic mass is 32.2. The van der Waals surface area contributed by atoms with Crippen molar-refractivity contribution in [2.75, 3.05) is 0 Å². The predicted octanol–water partition coefficient (Wildman–Crippen LogP) is 4.34. The molecule has 0 atom stereocenters. The number of aryl methyl sites for hydroxylation is 3. The summed E-state index contributed by atoms with van der Waals surface area (Å²) in [6.45, 7) is 1.77. The van der Waals surface area contributed by atoms with Crippen LogP contribution in [0.4, 0.5) is 0 Å². The van der Waals surface area contributed by atoms with E-state index in [4.69, 9.17) is 0 Å². The minimum Gasteiger partial charge on any atom is -0.282 e. The average molecular weight is 569 g/mol. The van der Waals surface area contributed by atoms with Gasteiger partial charge in [0.05, 0.1) is 14.7 Å². The van der Waals surface area contributed by atoms with Gasteiger partial charge in [0.15, 0.2) is 0 Å². The summed E-state index contributed by atoms with van der Waals surface area (Å²) in [5.41, 5.74) is 2.40. The molecule has 0 saturated carbocycles. The summed E-state index contributed by atoms with van der Waals surface area (Å²) in [6, 6.07) is 16.6. The maximum absolute atomic E-state index is 12.0. The number of benzene rings is 3. The van der Waals surface area contributed by atoms with Gasteiger partial charge in [0.1, 0.15) is 0 Å². The van der Waals surface area contributed by atoms with Gasteiger partial charge in [-0.2, -0.15) is 25.3 Å². The summed E-state index contributed by atoms with van der Waals surface area (Å²) in [7, 11) is -13.2. The van der Waals surface area contributed by atoms with E-state index >= 15 is 0 Å². The highest BCUT2D eigenvalue weighted by molar-refractivity contribution is 7.86. The van der Waals surface area contributed by atoms with E-state index in [2.05, 4.69) is 0 Å². The third kappa shape index (κ3) is 7.94. The Bertz CT molecular complexity index is 1510. The van der Waals surface area contributed by atoms with E-state index in [9.17, 15) is 38.9 Å². The highest BCUT2D eigenvalue weighted by Crippen LogP contribution is 2.31. The van der Waals surface area contributed by atoms with Crippen LogP contribution >= 0.6 is 0 Å². The quantitative estimate of drug-likeness (QED) is 0.286. The van der Waals surface area contributed by atoms with Gasteiger partial charge in [-0.1, -0.05) is 43.3 Å². The molecule has 3 N–H and O–H groups in total. The van der Waals surface area contributed by atoms with Gasteiger partial charge in [-0.25, -0.2) is 0 Å². The molecule has 0 radical (unpaired) electrons. The normalized spacial score (nSPS) is 12.7. The van der Waals surface area contributed by atoms with Crippen molar-refractivity contribution in [2.24, 2.45) is 0 Å². The lowest BCUT2D eigenvalue weighted by atomic mass is 9.87. The van der Waals surface area contributed by atoms with Crippen LogP contribution in [0, 0.1) is 0 Å². The monoisotopic (exact) mass is 568 g/mol. The van der Waals surface area contributed by atoms with Crippen LogP contribution in [0.1, 0.15) is 47.9 Å². The maximum atomic E-state index is 12.0.